The normalized spacial score (nSPS) is 16.8. The highest BCUT2D eigenvalue weighted by Gasteiger charge is 2.27. The SMILES string of the molecule is Cc1ccc(S(=O)(=O)N2CCOCC2)cc1NC(=O)CC(C)(C)C. The quantitative estimate of drug-likeness (QED) is 0.901. The summed E-state index contributed by atoms with van der Waals surface area (Å²) in [5.41, 5.74) is 1.24. The van der Waals surface area contributed by atoms with Crippen LogP contribution in [0, 0.1) is 12.3 Å². The molecule has 0 saturated carbocycles. The van der Waals surface area contributed by atoms with Crippen molar-refractivity contribution in [2.45, 2.75) is 39.0 Å². The van der Waals surface area contributed by atoms with Crippen LogP contribution in [0.4, 0.5) is 5.69 Å². The van der Waals surface area contributed by atoms with Gasteiger partial charge in [0, 0.05) is 25.2 Å². The van der Waals surface area contributed by atoms with Crippen LogP contribution in [0.1, 0.15) is 32.8 Å². The minimum atomic E-state index is -3.57. The Morgan fingerprint density at radius 2 is 1.88 bits per heavy atom. The summed E-state index contributed by atoms with van der Waals surface area (Å²) in [5, 5.41) is 2.84. The molecule has 24 heavy (non-hydrogen) atoms. The molecule has 1 fully saturated rings. The lowest BCUT2D eigenvalue weighted by Crippen LogP contribution is -2.40. The number of sulfonamides is 1. The van der Waals surface area contributed by atoms with Gasteiger partial charge in [-0.2, -0.15) is 4.31 Å². The minimum Gasteiger partial charge on any atom is -0.379 e. The number of hydrogen-bond acceptors (Lipinski definition) is 4. The number of hydrogen-bond donors (Lipinski definition) is 1. The van der Waals surface area contributed by atoms with E-state index in [1.54, 1.807) is 18.2 Å². The molecular weight excluding hydrogens is 328 g/mol. The van der Waals surface area contributed by atoms with Crippen molar-refractivity contribution in [2.75, 3.05) is 31.6 Å². The molecule has 1 saturated heterocycles. The third kappa shape index (κ3) is 4.78. The molecule has 1 aromatic carbocycles. The van der Waals surface area contributed by atoms with E-state index in [-0.39, 0.29) is 16.2 Å². The Morgan fingerprint density at radius 1 is 1.25 bits per heavy atom. The molecule has 0 spiro atoms. The van der Waals surface area contributed by atoms with E-state index < -0.39 is 10.0 Å². The van der Waals surface area contributed by atoms with E-state index in [0.29, 0.717) is 38.4 Å². The molecule has 1 aromatic rings. The fourth-order valence-electron chi connectivity index (χ4n) is 2.51. The molecule has 0 radical (unpaired) electrons. The largest absolute Gasteiger partial charge is 0.379 e. The van der Waals surface area contributed by atoms with Crippen LogP contribution in [-0.2, 0) is 19.6 Å². The van der Waals surface area contributed by atoms with Crippen LogP contribution >= 0.6 is 0 Å². The van der Waals surface area contributed by atoms with E-state index in [9.17, 15) is 13.2 Å². The predicted octanol–water partition coefficient (Wildman–Crippen LogP) is 2.39. The zero-order valence-corrected chi connectivity index (χ0v) is 15.6. The number of aryl methyl sites for hydroxylation is 1. The summed E-state index contributed by atoms with van der Waals surface area (Å²) >= 11 is 0. The van der Waals surface area contributed by atoms with E-state index in [1.165, 1.54) is 4.31 Å². The average molecular weight is 354 g/mol. The topological polar surface area (TPSA) is 75.7 Å². The zero-order valence-electron chi connectivity index (χ0n) is 14.8. The Balaban J connectivity index is 2.23. The highest BCUT2D eigenvalue weighted by atomic mass is 32.2. The molecule has 1 N–H and O–H groups in total. The molecule has 0 aromatic heterocycles. The van der Waals surface area contributed by atoms with Gasteiger partial charge < -0.3 is 10.1 Å². The minimum absolute atomic E-state index is 0.119. The highest BCUT2D eigenvalue weighted by Crippen LogP contribution is 2.25. The number of ether oxygens (including phenoxy) is 1. The van der Waals surface area contributed by atoms with E-state index in [1.807, 2.05) is 27.7 Å². The summed E-state index contributed by atoms with van der Waals surface area (Å²) < 4.78 is 32.1. The van der Waals surface area contributed by atoms with Gasteiger partial charge in [0.25, 0.3) is 0 Å². The number of morpholine rings is 1. The third-order valence-corrected chi connectivity index (χ3v) is 5.68. The summed E-state index contributed by atoms with van der Waals surface area (Å²) in [6.45, 7) is 9.30. The first-order chi connectivity index (χ1) is 11.1. The van der Waals surface area contributed by atoms with Crippen molar-refractivity contribution in [1.82, 2.24) is 4.31 Å². The number of carbonyl (C=O) groups excluding carboxylic acids is 1. The van der Waals surface area contributed by atoms with E-state index >= 15 is 0 Å². The van der Waals surface area contributed by atoms with Gasteiger partial charge in [0.15, 0.2) is 0 Å². The standard InChI is InChI=1S/C17H26N2O4S/c1-13-5-6-14(24(21,22)19-7-9-23-10-8-19)11-15(13)18-16(20)12-17(2,3)4/h5-6,11H,7-10,12H2,1-4H3,(H,18,20). The second-order valence-electron chi connectivity index (χ2n) is 7.28. The molecule has 0 bridgehead atoms. The lowest BCUT2D eigenvalue weighted by molar-refractivity contribution is -0.117. The number of rotatable bonds is 4. The molecule has 2 rings (SSSR count). The van der Waals surface area contributed by atoms with Crippen molar-refractivity contribution in [3.8, 4) is 0 Å². The second kappa shape index (κ2) is 7.21. The van der Waals surface area contributed by atoms with Crippen molar-refractivity contribution >= 4 is 21.6 Å². The van der Waals surface area contributed by atoms with Gasteiger partial charge in [0.2, 0.25) is 15.9 Å². The molecule has 1 heterocycles. The van der Waals surface area contributed by atoms with E-state index in [2.05, 4.69) is 5.32 Å². The average Bonchev–Trinajstić information content (AvgIpc) is 2.48. The Kier molecular flexibility index (Phi) is 5.67. The first-order valence-electron chi connectivity index (χ1n) is 8.08. The maximum Gasteiger partial charge on any atom is 0.243 e. The Hall–Kier alpha value is -1.44. The van der Waals surface area contributed by atoms with Gasteiger partial charge in [0.05, 0.1) is 18.1 Å². The lowest BCUT2D eigenvalue weighted by atomic mass is 9.92. The number of anilines is 1. The molecule has 1 aliphatic rings. The summed E-state index contributed by atoms with van der Waals surface area (Å²) in [5.74, 6) is -0.119. The lowest BCUT2D eigenvalue weighted by Gasteiger charge is -2.26. The summed E-state index contributed by atoms with van der Waals surface area (Å²) in [6.07, 6.45) is 0.368. The van der Waals surface area contributed by atoms with Crippen molar-refractivity contribution in [3.05, 3.63) is 23.8 Å². The summed E-state index contributed by atoms with van der Waals surface area (Å²) in [7, 11) is -3.57. The van der Waals surface area contributed by atoms with Gasteiger partial charge in [-0.25, -0.2) is 8.42 Å². The molecule has 6 nitrogen and oxygen atoms in total. The van der Waals surface area contributed by atoms with Crippen molar-refractivity contribution < 1.29 is 17.9 Å². The number of nitrogens with zero attached hydrogens (tertiary/aromatic N) is 1. The van der Waals surface area contributed by atoms with Gasteiger partial charge in [-0.05, 0) is 30.0 Å². The molecule has 0 aliphatic carbocycles. The molecule has 0 atom stereocenters. The fraction of sp³-hybridized carbons (Fsp3) is 0.588. The highest BCUT2D eigenvalue weighted by molar-refractivity contribution is 7.89. The molecule has 1 aliphatic heterocycles. The van der Waals surface area contributed by atoms with Crippen molar-refractivity contribution in [2.24, 2.45) is 5.41 Å². The number of nitrogens with one attached hydrogen (secondary N) is 1. The van der Waals surface area contributed by atoms with Crippen LogP contribution in [0.3, 0.4) is 0 Å². The van der Waals surface area contributed by atoms with Gasteiger partial charge >= 0.3 is 0 Å². The molecule has 134 valence electrons. The first-order valence-corrected chi connectivity index (χ1v) is 9.52. The van der Waals surface area contributed by atoms with Gasteiger partial charge in [0.1, 0.15) is 0 Å². The summed E-state index contributed by atoms with van der Waals surface area (Å²) in [6, 6.07) is 4.85. The fourth-order valence-corrected chi connectivity index (χ4v) is 3.94. The van der Waals surface area contributed by atoms with Gasteiger partial charge in [-0.15, -0.1) is 0 Å². The first kappa shape index (κ1) is 18.9. The van der Waals surface area contributed by atoms with Crippen LogP contribution < -0.4 is 5.32 Å². The van der Waals surface area contributed by atoms with Crippen LogP contribution in [0.25, 0.3) is 0 Å². The van der Waals surface area contributed by atoms with Crippen molar-refractivity contribution in [3.63, 3.8) is 0 Å². The maximum atomic E-state index is 12.7. The van der Waals surface area contributed by atoms with E-state index in [0.717, 1.165) is 5.56 Å². The molecule has 0 unspecified atom stereocenters. The predicted molar refractivity (Wildman–Crippen MR) is 93.5 cm³/mol. The number of benzene rings is 1. The van der Waals surface area contributed by atoms with E-state index in [4.69, 9.17) is 4.74 Å². The van der Waals surface area contributed by atoms with Gasteiger partial charge in [-0.1, -0.05) is 26.8 Å². The molecular formula is C17H26N2O4S. The number of carbonyl (C=O) groups is 1. The molecule has 1 amide bonds. The van der Waals surface area contributed by atoms with Crippen LogP contribution in [0.5, 0.6) is 0 Å². The van der Waals surface area contributed by atoms with Crippen LogP contribution in [0.15, 0.2) is 23.1 Å². The van der Waals surface area contributed by atoms with Crippen molar-refractivity contribution in [1.29, 1.82) is 0 Å². The summed E-state index contributed by atoms with van der Waals surface area (Å²) in [4.78, 5) is 12.4. The monoisotopic (exact) mass is 354 g/mol. The third-order valence-electron chi connectivity index (χ3n) is 3.78. The Morgan fingerprint density at radius 3 is 2.46 bits per heavy atom. The van der Waals surface area contributed by atoms with Crippen LogP contribution in [0.2, 0.25) is 0 Å². The molecule has 7 heteroatoms. The Labute approximate surface area is 144 Å². The zero-order chi connectivity index (χ0) is 18.0. The number of amides is 1. The maximum absolute atomic E-state index is 12.7. The van der Waals surface area contributed by atoms with Gasteiger partial charge in [-0.3, -0.25) is 4.79 Å². The van der Waals surface area contributed by atoms with Crippen LogP contribution in [-0.4, -0.2) is 44.9 Å². The Bertz CT molecular complexity index is 702. The smallest absolute Gasteiger partial charge is 0.243 e. The second-order valence-corrected chi connectivity index (χ2v) is 9.22.